The lowest BCUT2D eigenvalue weighted by molar-refractivity contribution is -0.132. The zero-order valence-corrected chi connectivity index (χ0v) is 6.92. The molecule has 0 rings (SSSR count). The number of aliphatic carboxylic acids is 1. The summed E-state index contributed by atoms with van der Waals surface area (Å²) in [5.74, 6) is -0.935. The quantitative estimate of drug-likeness (QED) is 0.469. The van der Waals surface area contributed by atoms with Gasteiger partial charge in [-0.05, 0) is 13.8 Å². The van der Waals surface area contributed by atoms with Crippen LogP contribution in [0.4, 0.5) is 0 Å². The number of aliphatic hydroxyl groups is 1. The lowest BCUT2D eigenvalue weighted by Crippen LogP contribution is -1.92. The monoisotopic (exact) mass is 158 g/mol. The van der Waals surface area contributed by atoms with Crippen molar-refractivity contribution >= 4 is 5.97 Å². The van der Waals surface area contributed by atoms with Gasteiger partial charge < -0.3 is 10.2 Å². The van der Waals surface area contributed by atoms with Crippen LogP contribution in [-0.2, 0) is 4.79 Å². The molecule has 3 heteroatoms. The first kappa shape index (κ1) is 12.6. The minimum Gasteiger partial charge on any atom is -0.478 e. The summed E-state index contributed by atoms with van der Waals surface area (Å²) >= 11 is 0. The summed E-state index contributed by atoms with van der Waals surface area (Å²) in [6.07, 6.45) is 0. The van der Waals surface area contributed by atoms with E-state index in [0.717, 1.165) is 5.57 Å². The average molecular weight is 158 g/mol. The molecule has 0 amide bonds. The second kappa shape index (κ2) is 7.02. The number of hydrogen-bond donors (Lipinski definition) is 2. The summed E-state index contributed by atoms with van der Waals surface area (Å²) in [6.45, 7) is 9.91. The van der Waals surface area contributed by atoms with Crippen LogP contribution in [0.1, 0.15) is 13.8 Å². The highest BCUT2D eigenvalue weighted by Crippen LogP contribution is 1.81. The number of hydrogen-bond acceptors (Lipinski definition) is 2. The van der Waals surface area contributed by atoms with Crippen LogP contribution in [0.15, 0.2) is 24.3 Å². The maximum atomic E-state index is 9.60. The molecule has 0 aromatic rings. The highest BCUT2D eigenvalue weighted by molar-refractivity contribution is 5.84. The standard InChI is InChI=1S/C4H6O2.C4H8O/c1-3(2)4(5)6;1-4(2)3-5/h1H2,2H3,(H,5,6);5H,1,3H2,2H3. The van der Waals surface area contributed by atoms with Crippen molar-refractivity contribution in [3.63, 3.8) is 0 Å². The van der Waals surface area contributed by atoms with Crippen molar-refractivity contribution in [1.82, 2.24) is 0 Å². The van der Waals surface area contributed by atoms with Gasteiger partial charge >= 0.3 is 5.97 Å². The Kier molecular flexibility index (Phi) is 8.03. The normalized spacial score (nSPS) is 7.55. The van der Waals surface area contributed by atoms with Crippen molar-refractivity contribution in [3.8, 4) is 0 Å². The molecule has 0 aromatic heterocycles. The van der Waals surface area contributed by atoms with Crippen LogP contribution in [0.5, 0.6) is 0 Å². The fraction of sp³-hybridized carbons (Fsp3) is 0.375. The third-order valence-electron chi connectivity index (χ3n) is 0.635. The van der Waals surface area contributed by atoms with Crippen molar-refractivity contribution in [1.29, 1.82) is 0 Å². The van der Waals surface area contributed by atoms with E-state index in [2.05, 4.69) is 13.2 Å². The molecular formula is C8H14O3. The summed E-state index contributed by atoms with van der Waals surface area (Å²) in [5, 5.41) is 15.9. The molecule has 0 fully saturated rings. The molecule has 0 heterocycles. The number of rotatable bonds is 2. The van der Waals surface area contributed by atoms with Gasteiger partial charge in [-0.2, -0.15) is 0 Å². The van der Waals surface area contributed by atoms with Crippen molar-refractivity contribution < 1.29 is 15.0 Å². The Labute approximate surface area is 66.7 Å². The van der Waals surface area contributed by atoms with Gasteiger partial charge in [-0.1, -0.05) is 18.7 Å². The lowest BCUT2D eigenvalue weighted by atomic mass is 10.4. The Morgan fingerprint density at radius 3 is 1.55 bits per heavy atom. The summed E-state index contributed by atoms with van der Waals surface area (Å²) in [6, 6.07) is 0. The van der Waals surface area contributed by atoms with Crippen molar-refractivity contribution in [2.45, 2.75) is 13.8 Å². The molecule has 0 spiro atoms. The number of aliphatic hydroxyl groups excluding tert-OH is 1. The molecule has 0 aliphatic carbocycles. The Balaban J connectivity index is 0. The van der Waals surface area contributed by atoms with Gasteiger partial charge in [0.2, 0.25) is 0 Å². The van der Waals surface area contributed by atoms with Crippen LogP contribution in [0, 0.1) is 0 Å². The molecule has 0 saturated heterocycles. The molecule has 0 unspecified atom stereocenters. The summed E-state index contributed by atoms with van der Waals surface area (Å²) in [4.78, 5) is 9.60. The number of carboxylic acids is 1. The number of carboxylic acid groups (broad SMARTS) is 1. The summed E-state index contributed by atoms with van der Waals surface area (Å²) < 4.78 is 0. The van der Waals surface area contributed by atoms with Crippen molar-refractivity contribution in [3.05, 3.63) is 24.3 Å². The van der Waals surface area contributed by atoms with Crippen LogP contribution in [0.25, 0.3) is 0 Å². The Bertz CT molecular complexity index is 147. The molecule has 11 heavy (non-hydrogen) atoms. The topological polar surface area (TPSA) is 57.5 Å². The molecule has 0 atom stereocenters. The van der Waals surface area contributed by atoms with Gasteiger partial charge in [0.25, 0.3) is 0 Å². The van der Waals surface area contributed by atoms with Crippen molar-refractivity contribution in [2.24, 2.45) is 0 Å². The molecular weight excluding hydrogens is 144 g/mol. The zero-order chi connectivity index (χ0) is 9.44. The highest BCUT2D eigenvalue weighted by Gasteiger charge is 1.90. The minimum atomic E-state index is -0.935. The second-order valence-electron chi connectivity index (χ2n) is 2.20. The third-order valence-corrected chi connectivity index (χ3v) is 0.635. The molecule has 0 radical (unpaired) electrons. The molecule has 0 bridgehead atoms. The molecule has 0 saturated carbocycles. The van der Waals surface area contributed by atoms with Crippen LogP contribution >= 0.6 is 0 Å². The van der Waals surface area contributed by atoms with Gasteiger partial charge in [0.05, 0.1) is 6.61 Å². The fourth-order valence-electron chi connectivity index (χ4n) is 0. The van der Waals surface area contributed by atoms with E-state index >= 15 is 0 Å². The summed E-state index contributed by atoms with van der Waals surface area (Å²) in [5.41, 5.74) is 0.986. The number of carbonyl (C=O) groups is 1. The average Bonchev–Trinajstić information content (AvgIpc) is 1.89. The Morgan fingerprint density at radius 1 is 1.36 bits per heavy atom. The SMILES string of the molecule is C=C(C)C(=O)O.C=C(C)CO. The Morgan fingerprint density at radius 2 is 1.55 bits per heavy atom. The van der Waals surface area contributed by atoms with Crippen molar-refractivity contribution in [2.75, 3.05) is 6.61 Å². The van der Waals surface area contributed by atoms with E-state index in [9.17, 15) is 4.79 Å². The molecule has 2 N–H and O–H groups in total. The predicted octanol–water partition coefficient (Wildman–Crippen LogP) is 1.20. The lowest BCUT2D eigenvalue weighted by Gasteiger charge is -1.79. The van der Waals surface area contributed by atoms with Crippen LogP contribution in [0.2, 0.25) is 0 Å². The van der Waals surface area contributed by atoms with E-state index in [1.165, 1.54) is 6.92 Å². The van der Waals surface area contributed by atoms with E-state index in [-0.39, 0.29) is 12.2 Å². The molecule has 3 nitrogen and oxygen atoms in total. The Hall–Kier alpha value is -1.09. The first-order chi connectivity index (χ1) is 4.91. The zero-order valence-electron chi connectivity index (χ0n) is 6.92. The van der Waals surface area contributed by atoms with Gasteiger partial charge in [0, 0.05) is 5.57 Å². The van der Waals surface area contributed by atoms with E-state index in [1.807, 2.05) is 0 Å². The van der Waals surface area contributed by atoms with E-state index in [1.54, 1.807) is 6.92 Å². The second-order valence-corrected chi connectivity index (χ2v) is 2.20. The highest BCUT2D eigenvalue weighted by atomic mass is 16.4. The van der Waals surface area contributed by atoms with E-state index in [0.29, 0.717) is 0 Å². The molecule has 0 aromatic carbocycles. The smallest absolute Gasteiger partial charge is 0.330 e. The maximum absolute atomic E-state index is 9.60. The third kappa shape index (κ3) is 17.6. The minimum absolute atomic E-state index is 0.111. The van der Waals surface area contributed by atoms with Gasteiger partial charge in [-0.25, -0.2) is 4.79 Å². The van der Waals surface area contributed by atoms with Gasteiger partial charge in [-0.15, -0.1) is 0 Å². The van der Waals surface area contributed by atoms with E-state index in [4.69, 9.17) is 10.2 Å². The largest absolute Gasteiger partial charge is 0.478 e. The summed E-state index contributed by atoms with van der Waals surface area (Å²) in [7, 11) is 0. The maximum Gasteiger partial charge on any atom is 0.330 e. The predicted molar refractivity (Wildman–Crippen MR) is 44.3 cm³/mol. The first-order valence-corrected chi connectivity index (χ1v) is 3.05. The first-order valence-electron chi connectivity index (χ1n) is 3.05. The molecule has 0 aliphatic rings. The molecule has 64 valence electrons. The van der Waals surface area contributed by atoms with Gasteiger partial charge in [0.1, 0.15) is 0 Å². The van der Waals surface area contributed by atoms with Crippen LogP contribution in [0.3, 0.4) is 0 Å². The van der Waals surface area contributed by atoms with Gasteiger partial charge in [-0.3, -0.25) is 0 Å². The fourth-order valence-corrected chi connectivity index (χ4v) is 0. The van der Waals surface area contributed by atoms with E-state index < -0.39 is 5.97 Å². The van der Waals surface area contributed by atoms with Gasteiger partial charge in [0.15, 0.2) is 0 Å². The van der Waals surface area contributed by atoms with Crippen LogP contribution in [-0.4, -0.2) is 22.8 Å². The van der Waals surface area contributed by atoms with Crippen LogP contribution < -0.4 is 0 Å². The molecule has 0 aliphatic heterocycles.